The van der Waals surface area contributed by atoms with E-state index in [0.717, 1.165) is 22.3 Å². The molecule has 5 rings (SSSR count). The summed E-state index contributed by atoms with van der Waals surface area (Å²) < 4.78 is 19.0. The highest BCUT2D eigenvalue weighted by molar-refractivity contribution is 7.07. The van der Waals surface area contributed by atoms with Crippen molar-refractivity contribution >= 4 is 35.0 Å². The zero-order valence-electron chi connectivity index (χ0n) is 24.1. The summed E-state index contributed by atoms with van der Waals surface area (Å²) in [6.07, 6.45) is 1.75. The fourth-order valence-electron chi connectivity index (χ4n) is 4.93. The number of hydrogen-bond acceptors (Lipinski definition) is 7. The first-order valence-electron chi connectivity index (χ1n) is 13.5. The van der Waals surface area contributed by atoms with Crippen molar-refractivity contribution in [2.24, 2.45) is 4.99 Å². The van der Waals surface area contributed by atoms with Crippen LogP contribution in [0.5, 0.6) is 11.5 Å². The van der Waals surface area contributed by atoms with Crippen molar-refractivity contribution < 1.29 is 19.0 Å². The predicted molar refractivity (Wildman–Crippen MR) is 165 cm³/mol. The van der Waals surface area contributed by atoms with Crippen LogP contribution in [0.2, 0.25) is 5.02 Å². The highest BCUT2D eigenvalue weighted by atomic mass is 35.5. The molecule has 0 unspecified atom stereocenters. The largest absolute Gasteiger partial charge is 0.493 e. The van der Waals surface area contributed by atoms with Crippen LogP contribution < -0.4 is 24.4 Å². The van der Waals surface area contributed by atoms with Crippen LogP contribution in [-0.2, 0) is 16.1 Å². The van der Waals surface area contributed by atoms with Gasteiger partial charge in [-0.1, -0.05) is 82.6 Å². The highest BCUT2D eigenvalue weighted by Gasteiger charge is 2.33. The van der Waals surface area contributed by atoms with Crippen molar-refractivity contribution in [3.63, 3.8) is 0 Å². The lowest BCUT2D eigenvalue weighted by Crippen LogP contribution is -2.39. The summed E-state index contributed by atoms with van der Waals surface area (Å²) in [4.78, 5) is 32.1. The maximum atomic E-state index is 13.9. The number of carbonyl (C=O) groups is 1. The number of nitrogens with zero attached hydrogens (tertiary/aromatic N) is 2. The van der Waals surface area contributed by atoms with Gasteiger partial charge in [-0.3, -0.25) is 9.36 Å². The van der Waals surface area contributed by atoms with E-state index in [4.69, 9.17) is 25.8 Å². The second-order valence-corrected chi connectivity index (χ2v) is 11.4. The molecular formula is C33H31ClN2O5S. The van der Waals surface area contributed by atoms with Crippen molar-refractivity contribution in [2.75, 3.05) is 13.7 Å². The van der Waals surface area contributed by atoms with Crippen LogP contribution in [-0.4, -0.2) is 24.3 Å². The fourth-order valence-corrected chi connectivity index (χ4v) is 6.25. The maximum Gasteiger partial charge on any atom is 0.338 e. The summed E-state index contributed by atoms with van der Waals surface area (Å²) in [5.41, 5.74) is 5.28. The Morgan fingerprint density at radius 2 is 1.83 bits per heavy atom. The van der Waals surface area contributed by atoms with E-state index in [1.54, 1.807) is 43.7 Å². The summed E-state index contributed by atoms with van der Waals surface area (Å²) in [5.74, 6) is 0.386. The Balaban J connectivity index is 1.57. The maximum absolute atomic E-state index is 13.9. The number of aryl methyl sites for hydroxylation is 2. The molecule has 9 heteroatoms. The molecule has 216 valence electrons. The molecule has 2 heterocycles. The smallest absolute Gasteiger partial charge is 0.338 e. The van der Waals surface area contributed by atoms with Crippen LogP contribution >= 0.6 is 22.9 Å². The van der Waals surface area contributed by atoms with Gasteiger partial charge in [-0.25, -0.2) is 9.79 Å². The fraction of sp³-hybridized carbons (Fsp3) is 0.242. The van der Waals surface area contributed by atoms with Crippen molar-refractivity contribution in [3.8, 4) is 11.5 Å². The van der Waals surface area contributed by atoms with Gasteiger partial charge in [-0.15, -0.1) is 0 Å². The van der Waals surface area contributed by atoms with Crippen LogP contribution in [0, 0.1) is 13.8 Å². The molecule has 0 radical (unpaired) electrons. The minimum absolute atomic E-state index is 0.216. The van der Waals surface area contributed by atoms with Crippen molar-refractivity contribution in [1.29, 1.82) is 0 Å². The molecule has 0 bridgehead atoms. The van der Waals surface area contributed by atoms with Gasteiger partial charge in [0, 0.05) is 0 Å². The first-order chi connectivity index (χ1) is 20.2. The molecule has 0 spiro atoms. The number of benzene rings is 3. The minimum Gasteiger partial charge on any atom is -0.493 e. The lowest BCUT2D eigenvalue weighted by Gasteiger charge is -2.24. The summed E-state index contributed by atoms with van der Waals surface area (Å²) >= 11 is 7.90. The number of ether oxygens (including phenoxy) is 3. The number of hydrogen-bond donors (Lipinski definition) is 0. The Kier molecular flexibility index (Phi) is 8.66. The average molecular weight is 603 g/mol. The molecule has 1 aliphatic heterocycles. The third kappa shape index (κ3) is 5.91. The molecule has 4 aromatic rings. The number of carbonyl (C=O) groups excluding carboxylic acids is 1. The highest BCUT2D eigenvalue weighted by Crippen LogP contribution is 2.37. The van der Waals surface area contributed by atoms with Gasteiger partial charge in [0.15, 0.2) is 16.3 Å². The van der Waals surface area contributed by atoms with Crippen molar-refractivity contribution in [3.05, 3.63) is 124 Å². The van der Waals surface area contributed by atoms with Gasteiger partial charge in [0.05, 0.1) is 40.6 Å². The third-order valence-electron chi connectivity index (χ3n) is 6.93. The Morgan fingerprint density at radius 1 is 1.07 bits per heavy atom. The molecule has 0 saturated heterocycles. The van der Waals surface area contributed by atoms with Crippen LogP contribution in [0.15, 0.2) is 81.7 Å². The van der Waals surface area contributed by atoms with Gasteiger partial charge in [-0.2, -0.15) is 0 Å². The van der Waals surface area contributed by atoms with Crippen LogP contribution in [0.1, 0.15) is 47.7 Å². The van der Waals surface area contributed by atoms with Crippen LogP contribution in [0.25, 0.3) is 6.08 Å². The molecular weight excluding hydrogens is 572 g/mol. The van der Waals surface area contributed by atoms with E-state index in [2.05, 4.69) is 4.99 Å². The lowest BCUT2D eigenvalue weighted by atomic mass is 9.95. The number of methoxy groups -OCH3 is 1. The first-order valence-corrected chi connectivity index (χ1v) is 14.7. The summed E-state index contributed by atoms with van der Waals surface area (Å²) in [5, 5.41) is 0.360. The quantitative estimate of drug-likeness (QED) is 0.243. The monoisotopic (exact) mass is 602 g/mol. The molecule has 1 aromatic heterocycles. The normalized spacial score (nSPS) is 14.8. The molecule has 7 nitrogen and oxygen atoms in total. The van der Waals surface area contributed by atoms with Gasteiger partial charge >= 0.3 is 5.97 Å². The second kappa shape index (κ2) is 12.4. The number of allylic oxidation sites excluding steroid dienone is 1. The molecule has 3 aromatic carbocycles. The molecule has 1 aliphatic rings. The van der Waals surface area contributed by atoms with Gasteiger partial charge in [-0.05, 0) is 62.6 Å². The van der Waals surface area contributed by atoms with E-state index in [1.807, 2.05) is 62.4 Å². The number of thiazole rings is 1. The van der Waals surface area contributed by atoms with E-state index in [1.165, 1.54) is 11.3 Å². The van der Waals surface area contributed by atoms with Gasteiger partial charge in [0.2, 0.25) is 0 Å². The number of fused-ring (bicyclic) bond motifs is 1. The Hall–Kier alpha value is -4.14. The number of halogens is 1. The Labute approximate surface area is 253 Å². The third-order valence-corrected chi connectivity index (χ3v) is 8.19. The summed E-state index contributed by atoms with van der Waals surface area (Å²) in [6, 6.07) is 18.7. The summed E-state index contributed by atoms with van der Waals surface area (Å²) in [6.45, 7) is 8.08. The SMILES string of the molecule is CCOC(=O)C1=C(C)N=c2s/c(=C/c3cc(Cl)c(OCc4cccc(C)c4)c(OC)c3)c(=O)n2[C@H]1c1ccc(C)cc1. The first kappa shape index (κ1) is 29.4. The van der Waals surface area contributed by atoms with Gasteiger partial charge in [0.1, 0.15) is 6.61 Å². The van der Waals surface area contributed by atoms with E-state index in [0.29, 0.717) is 49.3 Å². The number of esters is 1. The molecule has 0 amide bonds. The van der Waals surface area contributed by atoms with Gasteiger partial charge < -0.3 is 14.2 Å². The van der Waals surface area contributed by atoms with E-state index in [9.17, 15) is 9.59 Å². The van der Waals surface area contributed by atoms with E-state index < -0.39 is 12.0 Å². The van der Waals surface area contributed by atoms with Crippen molar-refractivity contribution in [1.82, 2.24) is 4.57 Å². The zero-order chi connectivity index (χ0) is 30.0. The van der Waals surface area contributed by atoms with Crippen molar-refractivity contribution in [2.45, 2.75) is 40.3 Å². The molecule has 0 saturated carbocycles. The standard InChI is InChI=1S/C33H31ClN2O5S/c1-6-40-32(38)28-21(4)35-33-36(29(28)24-12-10-19(2)11-13-24)31(37)27(42-33)17-23-15-25(34)30(26(16-23)39-5)41-18-22-9-7-8-20(3)14-22/h7-17,29H,6,18H2,1-5H3/b27-17+/t29-/m0/s1. The second-order valence-electron chi connectivity index (χ2n) is 10.0. The topological polar surface area (TPSA) is 79.1 Å². The Morgan fingerprint density at radius 3 is 2.52 bits per heavy atom. The predicted octanol–water partition coefficient (Wildman–Crippen LogP) is 5.66. The molecule has 42 heavy (non-hydrogen) atoms. The van der Waals surface area contributed by atoms with Crippen LogP contribution in [0.4, 0.5) is 0 Å². The number of aromatic nitrogens is 1. The Bertz CT molecular complexity index is 1870. The number of rotatable bonds is 8. The molecule has 0 aliphatic carbocycles. The van der Waals surface area contributed by atoms with E-state index >= 15 is 0 Å². The van der Waals surface area contributed by atoms with Crippen LogP contribution in [0.3, 0.4) is 0 Å². The molecule has 0 N–H and O–H groups in total. The molecule has 1 atom stereocenters. The average Bonchev–Trinajstić information content (AvgIpc) is 3.26. The summed E-state index contributed by atoms with van der Waals surface area (Å²) in [7, 11) is 1.55. The molecule has 0 fully saturated rings. The minimum atomic E-state index is -0.668. The zero-order valence-corrected chi connectivity index (χ0v) is 25.6. The lowest BCUT2D eigenvalue weighted by molar-refractivity contribution is -0.139. The van der Waals surface area contributed by atoms with E-state index in [-0.39, 0.29) is 12.2 Å². The van der Waals surface area contributed by atoms with Gasteiger partial charge in [0.25, 0.3) is 5.56 Å².